The third kappa shape index (κ3) is 4.53. The fraction of sp³-hybridized carbons (Fsp3) is 0.562. The van der Waals surface area contributed by atoms with Gasteiger partial charge in [-0.05, 0) is 50.3 Å². The Morgan fingerprint density at radius 1 is 1.50 bits per heavy atom. The predicted molar refractivity (Wildman–Crippen MR) is 79.2 cm³/mol. The van der Waals surface area contributed by atoms with Crippen LogP contribution in [0.4, 0.5) is 0 Å². The van der Waals surface area contributed by atoms with Crippen LogP contribution in [0.5, 0.6) is 5.75 Å². The summed E-state index contributed by atoms with van der Waals surface area (Å²) >= 11 is 0. The van der Waals surface area contributed by atoms with E-state index in [2.05, 4.69) is 0 Å². The van der Waals surface area contributed by atoms with E-state index in [0.29, 0.717) is 19.0 Å². The highest BCUT2D eigenvalue weighted by Gasteiger charge is 2.32. The van der Waals surface area contributed by atoms with Crippen molar-refractivity contribution < 1.29 is 9.90 Å². The number of carbonyl (C=O) groups excluding carboxylic acids is 1. The topological polar surface area (TPSA) is 66.6 Å². The second-order valence-corrected chi connectivity index (χ2v) is 5.79. The highest BCUT2D eigenvalue weighted by Crippen LogP contribution is 2.29. The Bertz CT molecular complexity index is 456. The lowest BCUT2D eigenvalue weighted by Crippen LogP contribution is -2.32. The first-order valence-corrected chi connectivity index (χ1v) is 7.39. The maximum Gasteiger partial charge on any atom is 0.223 e. The molecule has 1 unspecified atom stereocenters. The number of phenolic OH excluding ortho intramolecular Hbond substituents is 1. The number of hydrogen-bond acceptors (Lipinski definition) is 3. The number of benzene rings is 1. The van der Waals surface area contributed by atoms with Gasteiger partial charge in [-0.3, -0.25) is 4.79 Å². The van der Waals surface area contributed by atoms with Crippen LogP contribution in [0.1, 0.15) is 44.6 Å². The van der Waals surface area contributed by atoms with Gasteiger partial charge in [-0.15, -0.1) is 0 Å². The van der Waals surface area contributed by atoms with Gasteiger partial charge in [0.2, 0.25) is 5.91 Å². The highest BCUT2D eigenvalue weighted by atomic mass is 16.3. The molecule has 3 N–H and O–H groups in total. The van der Waals surface area contributed by atoms with Crippen molar-refractivity contribution in [2.45, 2.75) is 57.7 Å². The Morgan fingerprint density at radius 3 is 2.85 bits per heavy atom. The van der Waals surface area contributed by atoms with E-state index in [1.165, 1.54) is 0 Å². The molecule has 1 saturated carbocycles. The van der Waals surface area contributed by atoms with Gasteiger partial charge in [0.15, 0.2) is 0 Å². The number of aromatic hydroxyl groups is 1. The minimum absolute atomic E-state index is 0.156. The molecule has 1 aliphatic carbocycles. The summed E-state index contributed by atoms with van der Waals surface area (Å²) < 4.78 is 0. The number of carbonyl (C=O) groups is 1. The molecule has 1 amide bonds. The van der Waals surface area contributed by atoms with Crippen LogP contribution in [0.3, 0.4) is 0 Å². The van der Waals surface area contributed by atoms with E-state index in [9.17, 15) is 9.90 Å². The van der Waals surface area contributed by atoms with Crippen molar-refractivity contribution in [3.8, 4) is 5.75 Å². The Hall–Kier alpha value is -1.55. The lowest BCUT2D eigenvalue weighted by molar-refractivity contribution is -0.132. The molecule has 2 rings (SSSR count). The first kappa shape index (κ1) is 14.9. The maximum absolute atomic E-state index is 12.3. The van der Waals surface area contributed by atoms with Gasteiger partial charge in [0.25, 0.3) is 0 Å². The van der Waals surface area contributed by atoms with Crippen LogP contribution in [0.2, 0.25) is 0 Å². The lowest BCUT2D eigenvalue weighted by Gasteiger charge is -2.23. The van der Waals surface area contributed by atoms with Crippen molar-refractivity contribution in [2.75, 3.05) is 0 Å². The molecule has 1 aromatic rings. The number of nitrogens with two attached hydrogens (primary N) is 1. The van der Waals surface area contributed by atoms with Gasteiger partial charge in [0.05, 0.1) is 0 Å². The van der Waals surface area contributed by atoms with Gasteiger partial charge in [0, 0.05) is 25.0 Å². The zero-order valence-corrected chi connectivity index (χ0v) is 12.1. The molecule has 20 heavy (non-hydrogen) atoms. The summed E-state index contributed by atoms with van der Waals surface area (Å²) in [6, 6.07) is 7.68. The molecule has 110 valence electrons. The molecule has 4 nitrogen and oxygen atoms in total. The summed E-state index contributed by atoms with van der Waals surface area (Å²) in [5.41, 5.74) is 6.70. The molecule has 1 aromatic carbocycles. The highest BCUT2D eigenvalue weighted by molar-refractivity contribution is 5.76. The molecule has 0 spiro atoms. The molecular weight excluding hydrogens is 252 g/mol. The maximum atomic E-state index is 12.3. The van der Waals surface area contributed by atoms with Crippen molar-refractivity contribution in [1.82, 2.24) is 4.90 Å². The van der Waals surface area contributed by atoms with Crippen molar-refractivity contribution in [3.05, 3.63) is 29.8 Å². The summed E-state index contributed by atoms with van der Waals surface area (Å²) in [5, 5.41) is 9.50. The van der Waals surface area contributed by atoms with Crippen LogP contribution in [-0.4, -0.2) is 28.0 Å². The molecular formula is C16H24N2O2. The van der Waals surface area contributed by atoms with E-state index in [0.717, 1.165) is 31.2 Å². The normalized spacial score (nSPS) is 15.9. The van der Waals surface area contributed by atoms with E-state index >= 15 is 0 Å². The van der Waals surface area contributed by atoms with E-state index < -0.39 is 0 Å². The molecule has 4 heteroatoms. The smallest absolute Gasteiger partial charge is 0.223 e. The summed E-state index contributed by atoms with van der Waals surface area (Å²) in [4.78, 5) is 14.3. The third-order valence-corrected chi connectivity index (χ3v) is 3.62. The zero-order chi connectivity index (χ0) is 14.5. The van der Waals surface area contributed by atoms with Crippen LogP contribution in [0.15, 0.2) is 24.3 Å². The number of phenols is 1. The van der Waals surface area contributed by atoms with Crippen LogP contribution in [0.25, 0.3) is 0 Å². The summed E-state index contributed by atoms with van der Waals surface area (Å²) in [6.07, 6.45) is 4.49. The monoisotopic (exact) mass is 276 g/mol. The van der Waals surface area contributed by atoms with Crippen molar-refractivity contribution in [3.63, 3.8) is 0 Å². The Kier molecular flexibility index (Phi) is 5.01. The van der Waals surface area contributed by atoms with E-state index in [-0.39, 0.29) is 17.7 Å². The third-order valence-electron chi connectivity index (χ3n) is 3.62. The molecule has 0 radical (unpaired) electrons. The standard InChI is InChI=1S/C16H24N2O2/c1-12(17)4-2-7-16(20)18(14-8-9-14)11-13-5-3-6-15(19)10-13/h3,5-6,10,12,14,19H,2,4,7-9,11,17H2,1H3. The molecule has 0 heterocycles. The van der Waals surface area contributed by atoms with Crippen molar-refractivity contribution in [1.29, 1.82) is 0 Å². The average molecular weight is 276 g/mol. The molecule has 0 bridgehead atoms. The van der Waals surface area contributed by atoms with Crippen LogP contribution < -0.4 is 5.73 Å². The minimum Gasteiger partial charge on any atom is -0.508 e. The van der Waals surface area contributed by atoms with E-state index in [4.69, 9.17) is 5.73 Å². The van der Waals surface area contributed by atoms with Crippen molar-refractivity contribution >= 4 is 5.91 Å². The Morgan fingerprint density at radius 2 is 2.25 bits per heavy atom. The minimum atomic E-state index is 0.156. The second-order valence-electron chi connectivity index (χ2n) is 5.79. The van der Waals surface area contributed by atoms with E-state index in [1.54, 1.807) is 12.1 Å². The second kappa shape index (κ2) is 6.75. The molecule has 1 fully saturated rings. The van der Waals surface area contributed by atoms with Crippen molar-refractivity contribution in [2.24, 2.45) is 5.73 Å². The van der Waals surface area contributed by atoms with Gasteiger partial charge in [0.1, 0.15) is 5.75 Å². The van der Waals surface area contributed by atoms with Gasteiger partial charge in [-0.1, -0.05) is 12.1 Å². The summed E-state index contributed by atoms with van der Waals surface area (Å²) in [6.45, 7) is 2.56. The number of rotatable bonds is 7. The van der Waals surface area contributed by atoms with Gasteiger partial charge >= 0.3 is 0 Å². The van der Waals surface area contributed by atoms with Crippen LogP contribution in [-0.2, 0) is 11.3 Å². The molecule has 1 atom stereocenters. The molecule has 0 saturated heterocycles. The fourth-order valence-electron chi connectivity index (χ4n) is 2.38. The Balaban J connectivity index is 1.91. The van der Waals surface area contributed by atoms with E-state index in [1.807, 2.05) is 24.0 Å². The number of hydrogen-bond donors (Lipinski definition) is 2. The predicted octanol–water partition coefficient (Wildman–Crippen LogP) is 2.40. The first-order chi connectivity index (χ1) is 9.56. The lowest BCUT2D eigenvalue weighted by atomic mass is 10.1. The zero-order valence-electron chi connectivity index (χ0n) is 12.1. The number of amides is 1. The van der Waals surface area contributed by atoms with Gasteiger partial charge in [-0.2, -0.15) is 0 Å². The SMILES string of the molecule is CC(N)CCCC(=O)N(Cc1cccc(O)c1)C1CC1. The Labute approximate surface area is 120 Å². The van der Waals surface area contributed by atoms with Gasteiger partial charge in [-0.25, -0.2) is 0 Å². The first-order valence-electron chi connectivity index (χ1n) is 7.39. The quantitative estimate of drug-likeness (QED) is 0.803. The van der Waals surface area contributed by atoms with Crippen LogP contribution in [0, 0.1) is 0 Å². The number of nitrogens with zero attached hydrogens (tertiary/aromatic N) is 1. The average Bonchev–Trinajstić information content (AvgIpc) is 3.19. The van der Waals surface area contributed by atoms with Crippen LogP contribution >= 0.6 is 0 Å². The largest absolute Gasteiger partial charge is 0.508 e. The molecule has 1 aliphatic rings. The summed E-state index contributed by atoms with van der Waals surface area (Å²) in [5.74, 6) is 0.458. The molecule has 0 aliphatic heterocycles. The molecule has 0 aromatic heterocycles. The summed E-state index contributed by atoms with van der Waals surface area (Å²) in [7, 11) is 0. The fourth-order valence-corrected chi connectivity index (χ4v) is 2.38. The van der Waals surface area contributed by atoms with Gasteiger partial charge < -0.3 is 15.7 Å².